The second-order valence-electron chi connectivity index (χ2n) is 4.17. The molecule has 1 heteroatoms. The molecule has 1 N–H and O–H groups in total. The molecular weight excluding hydrogens is 134 g/mol. The number of rotatable bonds is 5. The third-order valence-electron chi connectivity index (χ3n) is 3.21. The number of hydrogen-bond acceptors (Lipinski definition) is 1. The highest BCUT2D eigenvalue weighted by Crippen LogP contribution is 2.56. The molecule has 1 fully saturated rings. The maximum absolute atomic E-state index is 3.20. The summed E-state index contributed by atoms with van der Waals surface area (Å²) in [6.07, 6.45) is 5.64. The Balaban J connectivity index is 2.08. The molecule has 0 amide bonds. The van der Waals surface area contributed by atoms with E-state index >= 15 is 0 Å². The molecule has 0 saturated heterocycles. The SMILES string of the molecule is CCC1C[C@]1(C)CCCNC. The van der Waals surface area contributed by atoms with E-state index in [1.165, 1.54) is 32.2 Å². The molecule has 2 atom stereocenters. The molecule has 1 nitrogen and oxygen atoms in total. The Bertz CT molecular complexity index is 122. The van der Waals surface area contributed by atoms with Crippen molar-refractivity contribution >= 4 is 0 Å². The van der Waals surface area contributed by atoms with Gasteiger partial charge in [0, 0.05) is 0 Å². The highest BCUT2D eigenvalue weighted by molar-refractivity contribution is 4.97. The van der Waals surface area contributed by atoms with E-state index in [0.717, 1.165) is 11.3 Å². The van der Waals surface area contributed by atoms with Gasteiger partial charge < -0.3 is 5.32 Å². The van der Waals surface area contributed by atoms with Gasteiger partial charge in [0.1, 0.15) is 0 Å². The minimum absolute atomic E-state index is 0.728. The van der Waals surface area contributed by atoms with E-state index < -0.39 is 0 Å². The topological polar surface area (TPSA) is 12.0 Å². The van der Waals surface area contributed by atoms with Crippen molar-refractivity contribution < 1.29 is 0 Å². The van der Waals surface area contributed by atoms with Crippen LogP contribution in [0, 0.1) is 11.3 Å². The Morgan fingerprint density at radius 1 is 1.55 bits per heavy atom. The van der Waals surface area contributed by atoms with Gasteiger partial charge >= 0.3 is 0 Å². The molecule has 0 bridgehead atoms. The van der Waals surface area contributed by atoms with Gasteiger partial charge in [-0.2, -0.15) is 0 Å². The highest BCUT2D eigenvalue weighted by Gasteiger charge is 2.47. The van der Waals surface area contributed by atoms with Crippen LogP contribution < -0.4 is 5.32 Å². The largest absolute Gasteiger partial charge is 0.320 e. The van der Waals surface area contributed by atoms with Crippen LogP contribution in [-0.4, -0.2) is 13.6 Å². The van der Waals surface area contributed by atoms with E-state index in [9.17, 15) is 0 Å². The van der Waals surface area contributed by atoms with Crippen molar-refractivity contribution in [1.29, 1.82) is 0 Å². The second-order valence-corrected chi connectivity index (χ2v) is 4.17. The fraction of sp³-hybridized carbons (Fsp3) is 1.00. The molecule has 1 aliphatic carbocycles. The summed E-state index contributed by atoms with van der Waals surface area (Å²) in [4.78, 5) is 0. The van der Waals surface area contributed by atoms with E-state index in [1.54, 1.807) is 0 Å². The molecule has 1 saturated carbocycles. The van der Waals surface area contributed by atoms with Crippen molar-refractivity contribution in [3.63, 3.8) is 0 Å². The summed E-state index contributed by atoms with van der Waals surface area (Å²) < 4.78 is 0. The Morgan fingerprint density at radius 2 is 2.27 bits per heavy atom. The zero-order chi connectivity index (χ0) is 8.32. The summed E-state index contributed by atoms with van der Waals surface area (Å²) in [5.74, 6) is 1.04. The lowest BCUT2D eigenvalue weighted by atomic mass is 9.99. The van der Waals surface area contributed by atoms with E-state index in [4.69, 9.17) is 0 Å². The lowest BCUT2D eigenvalue weighted by Gasteiger charge is -2.09. The van der Waals surface area contributed by atoms with Gasteiger partial charge in [-0.15, -0.1) is 0 Å². The number of nitrogens with one attached hydrogen (secondary N) is 1. The van der Waals surface area contributed by atoms with Crippen molar-refractivity contribution in [2.45, 2.75) is 39.5 Å². The Hall–Kier alpha value is -0.0400. The van der Waals surface area contributed by atoms with Crippen LogP contribution in [0.2, 0.25) is 0 Å². The standard InChI is InChI=1S/C10H21N/c1-4-9-8-10(9,2)6-5-7-11-3/h9,11H,4-8H2,1-3H3/t9?,10-/m0/s1. The molecule has 1 rings (SSSR count). The van der Waals surface area contributed by atoms with Crippen molar-refractivity contribution in [2.75, 3.05) is 13.6 Å². The van der Waals surface area contributed by atoms with Gasteiger partial charge in [0.2, 0.25) is 0 Å². The first-order valence-electron chi connectivity index (χ1n) is 4.87. The Morgan fingerprint density at radius 3 is 2.73 bits per heavy atom. The molecule has 0 heterocycles. The van der Waals surface area contributed by atoms with Gasteiger partial charge in [0.25, 0.3) is 0 Å². The van der Waals surface area contributed by atoms with Crippen LogP contribution in [0.3, 0.4) is 0 Å². The fourth-order valence-electron chi connectivity index (χ4n) is 2.12. The van der Waals surface area contributed by atoms with E-state index in [1.807, 2.05) is 7.05 Å². The third-order valence-corrected chi connectivity index (χ3v) is 3.21. The minimum Gasteiger partial charge on any atom is -0.320 e. The van der Waals surface area contributed by atoms with Crippen molar-refractivity contribution in [1.82, 2.24) is 5.32 Å². The summed E-state index contributed by atoms with van der Waals surface area (Å²) in [7, 11) is 2.03. The van der Waals surface area contributed by atoms with Crippen LogP contribution in [0.5, 0.6) is 0 Å². The average Bonchev–Trinajstić information content (AvgIpc) is 2.63. The second kappa shape index (κ2) is 3.57. The first kappa shape index (κ1) is 9.05. The first-order chi connectivity index (χ1) is 5.23. The van der Waals surface area contributed by atoms with Crippen molar-refractivity contribution in [3.8, 4) is 0 Å². The molecule has 11 heavy (non-hydrogen) atoms. The van der Waals surface area contributed by atoms with E-state index in [0.29, 0.717) is 0 Å². The first-order valence-corrected chi connectivity index (χ1v) is 4.87. The molecule has 0 aliphatic heterocycles. The summed E-state index contributed by atoms with van der Waals surface area (Å²) in [5, 5.41) is 3.20. The minimum atomic E-state index is 0.728. The Labute approximate surface area is 70.6 Å². The van der Waals surface area contributed by atoms with Gasteiger partial charge in [0.15, 0.2) is 0 Å². The fourth-order valence-corrected chi connectivity index (χ4v) is 2.12. The summed E-state index contributed by atoms with van der Waals surface area (Å²) in [5.41, 5.74) is 0.728. The quantitative estimate of drug-likeness (QED) is 0.601. The molecule has 0 radical (unpaired) electrons. The van der Waals surface area contributed by atoms with Crippen LogP contribution in [-0.2, 0) is 0 Å². The van der Waals surface area contributed by atoms with Crippen LogP contribution in [0.15, 0.2) is 0 Å². The predicted octanol–water partition coefficient (Wildman–Crippen LogP) is 2.42. The maximum Gasteiger partial charge on any atom is -0.00517 e. The molecule has 1 unspecified atom stereocenters. The van der Waals surface area contributed by atoms with Crippen LogP contribution in [0.25, 0.3) is 0 Å². The summed E-state index contributed by atoms with van der Waals surface area (Å²) in [6.45, 7) is 5.94. The Kier molecular flexibility index (Phi) is 2.94. The van der Waals surface area contributed by atoms with E-state index in [2.05, 4.69) is 19.2 Å². The maximum atomic E-state index is 3.20. The van der Waals surface area contributed by atoms with Gasteiger partial charge in [0.05, 0.1) is 0 Å². The highest BCUT2D eigenvalue weighted by atomic mass is 14.8. The number of hydrogen-bond donors (Lipinski definition) is 1. The smallest absolute Gasteiger partial charge is 0.00517 e. The van der Waals surface area contributed by atoms with Crippen molar-refractivity contribution in [3.05, 3.63) is 0 Å². The molecule has 66 valence electrons. The van der Waals surface area contributed by atoms with Gasteiger partial charge in [-0.1, -0.05) is 20.3 Å². The van der Waals surface area contributed by atoms with Gasteiger partial charge in [-0.25, -0.2) is 0 Å². The van der Waals surface area contributed by atoms with Crippen molar-refractivity contribution in [2.24, 2.45) is 11.3 Å². The summed E-state index contributed by atoms with van der Waals surface area (Å²) >= 11 is 0. The van der Waals surface area contributed by atoms with Gasteiger partial charge in [-0.05, 0) is 44.2 Å². The molecular formula is C10H21N. The molecule has 0 aromatic carbocycles. The zero-order valence-electron chi connectivity index (χ0n) is 8.11. The van der Waals surface area contributed by atoms with Gasteiger partial charge in [-0.3, -0.25) is 0 Å². The molecule has 0 aromatic rings. The third kappa shape index (κ3) is 2.19. The van der Waals surface area contributed by atoms with E-state index in [-0.39, 0.29) is 0 Å². The molecule has 1 aliphatic rings. The normalized spacial score (nSPS) is 35.7. The molecule has 0 spiro atoms. The average molecular weight is 155 g/mol. The monoisotopic (exact) mass is 155 g/mol. The zero-order valence-corrected chi connectivity index (χ0v) is 8.11. The molecule has 0 aromatic heterocycles. The lowest BCUT2D eigenvalue weighted by molar-refractivity contribution is 0.435. The van der Waals surface area contributed by atoms with Crippen LogP contribution >= 0.6 is 0 Å². The van der Waals surface area contributed by atoms with Crippen LogP contribution in [0.4, 0.5) is 0 Å². The van der Waals surface area contributed by atoms with Crippen LogP contribution in [0.1, 0.15) is 39.5 Å². The predicted molar refractivity (Wildman–Crippen MR) is 49.7 cm³/mol. The lowest BCUT2D eigenvalue weighted by Crippen LogP contribution is -2.10. The summed E-state index contributed by atoms with van der Waals surface area (Å²) in [6, 6.07) is 0.